The van der Waals surface area contributed by atoms with Gasteiger partial charge in [-0.3, -0.25) is 9.59 Å². The Balaban J connectivity index is 1.70. The number of ether oxygens (including phenoxy) is 3. The SMILES string of the molecule is CC(=O)N[C@@H]1[C@@H](NC(=O)OC(C)(C)C)C=C(C(=O)OC(c2ccccc2)c2ccccc2)O[C@H]1C(=O)N(CCN)CCc1ccccc1. The van der Waals surface area contributed by atoms with Gasteiger partial charge in [-0.1, -0.05) is 91.0 Å². The van der Waals surface area contributed by atoms with Crippen molar-refractivity contribution in [1.82, 2.24) is 15.5 Å². The van der Waals surface area contributed by atoms with Crippen molar-refractivity contribution >= 4 is 23.9 Å². The monoisotopic (exact) mass is 656 g/mol. The quantitative estimate of drug-likeness (QED) is 0.248. The van der Waals surface area contributed by atoms with Gasteiger partial charge in [0.1, 0.15) is 5.60 Å². The molecule has 0 bridgehead atoms. The number of benzene rings is 3. The molecule has 3 aromatic carbocycles. The van der Waals surface area contributed by atoms with Crippen LogP contribution in [0, 0.1) is 0 Å². The summed E-state index contributed by atoms with van der Waals surface area (Å²) in [5.74, 6) is -2.16. The van der Waals surface area contributed by atoms with E-state index in [1.807, 2.05) is 91.0 Å². The van der Waals surface area contributed by atoms with E-state index < -0.39 is 53.8 Å². The van der Waals surface area contributed by atoms with Gasteiger partial charge in [-0.05, 0) is 50.0 Å². The molecule has 11 heteroatoms. The Labute approximate surface area is 281 Å². The first-order valence-electron chi connectivity index (χ1n) is 15.9. The zero-order valence-electron chi connectivity index (χ0n) is 27.8. The minimum Gasteiger partial charge on any atom is -0.471 e. The molecule has 0 radical (unpaired) electrons. The predicted octanol–water partition coefficient (Wildman–Crippen LogP) is 4.03. The van der Waals surface area contributed by atoms with E-state index in [0.717, 1.165) is 16.7 Å². The largest absolute Gasteiger partial charge is 0.471 e. The molecule has 0 aromatic heterocycles. The molecule has 0 unspecified atom stereocenters. The number of nitrogens with two attached hydrogens (primary N) is 1. The van der Waals surface area contributed by atoms with Crippen molar-refractivity contribution in [3.05, 3.63) is 120 Å². The topological polar surface area (TPSA) is 149 Å². The molecule has 1 aliphatic heterocycles. The average molecular weight is 657 g/mol. The maximum absolute atomic E-state index is 14.3. The Kier molecular flexibility index (Phi) is 12.3. The number of hydrogen-bond donors (Lipinski definition) is 3. The lowest BCUT2D eigenvalue weighted by molar-refractivity contribution is -0.154. The summed E-state index contributed by atoms with van der Waals surface area (Å²) in [6, 6.07) is 25.9. The van der Waals surface area contributed by atoms with Gasteiger partial charge in [-0.2, -0.15) is 0 Å². The molecule has 4 N–H and O–H groups in total. The summed E-state index contributed by atoms with van der Waals surface area (Å²) in [5, 5.41) is 5.45. The molecular weight excluding hydrogens is 612 g/mol. The number of esters is 1. The lowest BCUT2D eigenvalue weighted by Crippen LogP contribution is -2.63. The third-order valence-corrected chi connectivity index (χ3v) is 7.45. The van der Waals surface area contributed by atoms with E-state index in [-0.39, 0.29) is 18.8 Å². The second kappa shape index (κ2) is 16.6. The van der Waals surface area contributed by atoms with E-state index >= 15 is 0 Å². The number of carbonyl (C=O) groups is 4. The van der Waals surface area contributed by atoms with E-state index in [9.17, 15) is 19.2 Å². The Bertz CT molecular complexity index is 1520. The van der Waals surface area contributed by atoms with Gasteiger partial charge in [-0.15, -0.1) is 0 Å². The van der Waals surface area contributed by atoms with Crippen LogP contribution in [0.4, 0.5) is 4.79 Å². The van der Waals surface area contributed by atoms with E-state index in [0.29, 0.717) is 13.0 Å². The maximum atomic E-state index is 14.3. The highest BCUT2D eigenvalue weighted by molar-refractivity contribution is 5.90. The third-order valence-electron chi connectivity index (χ3n) is 7.45. The van der Waals surface area contributed by atoms with Gasteiger partial charge in [0.25, 0.3) is 5.91 Å². The first-order valence-corrected chi connectivity index (χ1v) is 15.9. The van der Waals surface area contributed by atoms with Crippen LogP contribution in [-0.2, 0) is 35.0 Å². The highest BCUT2D eigenvalue weighted by Gasteiger charge is 2.45. The van der Waals surface area contributed by atoms with Gasteiger partial charge in [0, 0.05) is 26.6 Å². The number of alkyl carbamates (subject to hydrolysis) is 1. The first-order chi connectivity index (χ1) is 22.9. The third kappa shape index (κ3) is 10.2. The molecule has 48 heavy (non-hydrogen) atoms. The van der Waals surface area contributed by atoms with Gasteiger partial charge >= 0.3 is 12.1 Å². The molecule has 3 amide bonds. The Morgan fingerprint density at radius 1 is 0.854 bits per heavy atom. The molecule has 0 spiro atoms. The van der Waals surface area contributed by atoms with Crippen LogP contribution in [0.25, 0.3) is 0 Å². The minimum atomic E-state index is -1.42. The molecule has 0 aliphatic carbocycles. The van der Waals surface area contributed by atoms with Gasteiger partial charge in [0.15, 0.2) is 12.2 Å². The first kappa shape index (κ1) is 35.7. The van der Waals surface area contributed by atoms with Crippen LogP contribution in [0.2, 0.25) is 0 Å². The molecule has 1 heterocycles. The molecule has 1 aliphatic rings. The number of nitrogens with one attached hydrogen (secondary N) is 2. The summed E-state index contributed by atoms with van der Waals surface area (Å²) >= 11 is 0. The molecule has 0 saturated heterocycles. The van der Waals surface area contributed by atoms with Crippen molar-refractivity contribution in [1.29, 1.82) is 0 Å². The zero-order valence-corrected chi connectivity index (χ0v) is 27.8. The van der Waals surface area contributed by atoms with Crippen LogP contribution in [0.5, 0.6) is 0 Å². The van der Waals surface area contributed by atoms with Crippen molar-refractivity contribution in [2.24, 2.45) is 5.73 Å². The fourth-order valence-electron chi connectivity index (χ4n) is 5.33. The lowest BCUT2D eigenvalue weighted by Gasteiger charge is -2.39. The Hall–Kier alpha value is -5.16. The van der Waals surface area contributed by atoms with Gasteiger partial charge in [-0.25, -0.2) is 9.59 Å². The van der Waals surface area contributed by atoms with Crippen LogP contribution in [0.3, 0.4) is 0 Å². The maximum Gasteiger partial charge on any atom is 0.408 e. The molecule has 254 valence electrons. The van der Waals surface area contributed by atoms with Gasteiger partial charge < -0.3 is 35.5 Å². The average Bonchev–Trinajstić information content (AvgIpc) is 3.06. The predicted molar refractivity (Wildman–Crippen MR) is 180 cm³/mol. The van der Waals surface area contributed by atoms with Crippen molar-refractivity contribution in [3.8, 4) is 0 Å². The lowest BCUT2D eigenvalue weighted by atomic mass is 9.96. The number of hydrogen-bond acceptors (Lipinski definition) is 8. The van der Waals surface area contributed by atoms with Crippen LogP contribution >= 0.6 is 0 Å². The van der Waals surface area contributed by atoms with E-state index in [4.69, 9.17) is 19.9 Å². The summed E-state index contributed by atoms with van der Waals surface area (Å²) in [7, 11) is 0. The number of amides is 3. The molecule has 11 nitrogen and oxygen atoms in total. The van der Waals surface area contributed by atoms with Crippen LogP contribution in [0.1, 0.15) is 50.5 Å². The second-order valence-corrected chi connectivity index (χ2v) is 12.4. The molecule has 3 aromatic rings. The highest BCUT2D eigenvalue weighted by atomic mass is 16.6. The van der Waals surface area contributed by atoms with Crippen molar-refractivity contribution < 1.29 is 33.4 Å². The smallest absolute Gasteiger partial charge is 0.408 e. The summed E-state index contributed by atoms with van der Waals surface area (Å²) in [6.07, 6.45) is -1.17. The van der Waals surface area contributed by atoms with Gasteiger partial charge in [0.05, 0.1) is 12.1 Å². The fraction of sp³-hybridized carbons (Fsp3) is 0.351. The number of rotatable bonds is 12. The molecule has 0 saturated carbocycles. The van der Waals surface area contributed by atoms with Crippen molar-refractivity contribution in [2.45, 2.75) is 64.0 Å². The van der Waals surface area contributed by atoms with Crippen LogP contribution < -0.4 is 16.4 Å². The van der Waals surface area contributed by atoms with Crippen LogP contribution in [0.15, 0.2) is 103 Å². The highest BCUT2D eigenvalue weighted by Crippen LogP contribution is 2.29. The number of carbonyl (C=O) groups excluding carboxylic acids is 4. The normalized spacial score (nSPS) is 17.4. The standard InChI is InChI=1S/C37H44N4O7/c1-25(42)39-31-29(40-36(45)48-37(2,3)4)24-30(35(44)47-32(27-16-10-6-11-17-27)28-18-12-7-13-19-28)46-33(31)34(43)41(23-21-38)22-20-26-14-8-5-9-15-26/h5-19,24,29,31-33H,20-23,38H2,1-4H3,(H,39,42)(H,40,45)/t29-,31+,33+/m0/s1. The van der Waals surface area contributed by atoms with E-state index in [1.54, 1.807) is 20.8 Å². The molecule has 0 fully saturated rings. The summed E-state index contributed by atoms with van der Waals surface area (Å²) in [4.78, 5) is 55.2. The van der Waals surface area contributed by atoms with Gasteiger partial charge in [0.2, 0.25) is 11.7 Å². The van der Waals surface area contributed by atoms with Crippen molar-refractivity contribution in [2.75, 3.05) is 19.6 Å². The molecule has 3 atom stereocenters. The Morgan fingerprint density at radius 2 is 1.42 bits per heavy atom. The van der Waals surface area contributed by atoms with E-state index in [2.05, 4.69) is 10.6 Å². The zero-order chi connectivity index (χ0) is 34.7. The summed E-state index contributed by atoms with van der Waals surface area (Å²) < 4.78 is 17.7. The van der Waals surface area contributed by atoms with E-state index in [1.165, 1.54) is 17.9 Å². The summed E-state index contributed by atoms with van der Waals surface area (Å²) in [6.45, 7) is 7.06. The second-order valence-electron chi connectivity index (χ2n) is 12.4. The Morgan fingerprint density at radius 3 is 1.94 bits per heavy atom. The minimum absolute atomic E-state index is 0.165. The summed E-state index contributed by atoms with van der Waals surface area (Å²) in [5.41, 5.74) is 7.52. The molecular formula is C37H44N4O7. The fourth-order valence-corrected chi connectivity index (χ4v) is 5.33. The van der Waals surface area contributed by atoms with Crippen LogP contribution in [-0.4, -0.2) is 72.2 Å². The van der Waals surface area contributed by atoms with Crippen molar-refractivity contribution in [3.63, 3.8) is 0 Å². The number of nitrogens with zero attached hydrogens (tertiary/aromatic N) is 1. The molecule has 4 rings (SSSR count).